The summed E-state index contributed by atoms with van der Waals surface area (Å²) in [6.07, 6.45) is 3.36. The van der Waals surface area contributed by atoms with Gasteiger partial charge in [0.05, 0.1) is 17.2 Å². The molecule has 1 amide bonds. The summed E-state index contributed by atoms with van der Waals surface area (Å²) in [5.74, 6) is 0.556. The number of nitrogens with one attached hydrogen (secondary N) is 2. The summed E-state index contributed by atoms with van der Waals surface area (Å²) in [4.78, 5) is 33.0. The monoisotopic (exact) mass is 354 g/mol. The Kier molecular flexibility index (Phi) is 4.44. The minimum absolute atomic E-state index is 0.0876. The van der Waals surface area contributed by atoms with Gasteiger partial charge in [-0.1, -0.05) is 12.1 Å². The lowest BCUT2D eigenvalue weighted by Crippen LogP contribution is -2.23. The van der Waals surface area contributed by atoms with Crippen LogP contribution in [0.5, 0.6) is 0 Å². The van der Waals surface area contributed by atoms with E-state index in [9.17, 15) is 9.59 Å². The van der Waals surface area contributed by atoms with E-state index < -0.39 is 0 Å². The number of aryl methyl sites for hydroxylation is 1. The second-order valence-electron chi connectivity index (χ2n) is 6.10. The standard InChI is InChI=1S/C17H18N6O3/c24-14(19-17-20-15(21-22-17)13-6-3-9-26-13)7-8-23-10-18-12-5-2-1-4-11(12)16(23)25/h1-2,4-5,10,13H,3,6-9H2,(H2,19,20,21,22,24). The smallest absolute Gasteiger partial charge is 0.261 e. The number of nitrogens with zero attached hydrogens (tertiary/aromatic N) is 4. The van der Waals surface area contributed by atoms with Crippen molar-refractivity contribution in [2.75, 3.05) is 11.9 Å². The first-order valence-corrected chi connectivity index (χ1v) is 8.48. The molecule has 26 heavy (non-hydrogen) atoms. The highest BCUT2D eigenvalue weighted by atomic mass is 16.5. The van der Waals surface area contributed by atoms with Crippen molar-refractivity contribution >= 4 is 22.8 Å². The van der Waals surface area contributed by atoms with Gasteiger partial charge in [-0.05, 0) is 25.0 Å². The van der Waals surface area contributed by atoms with Crippen LogP contribution < -0.4 is 10.9 Å². The van der Waals surface area contributed by atoms with Gasteiger partial charge in [0.15, 0.2) is 5.82 Å². The Bertz CT molecular complexity index is 989. The molecule has 4 rings (SSSR count). The minimum Gasteiger partial charge on any atom is -0.370 e. The number of amides is 1. The molecule has 1 fully saturated rings. The van der Waals surface area contributed by atoms with Crippen molar-refractivity contribution in [2.24, 2.45) is 0 Å². The predicted molar refractivity (Wildman–Crippen MR) is 93.6 cm³/mol. The van der Waals surface area contributed by atoms with Gasteiger partial charge in [0.2, 0.25) is 11.9 Å². The number of aromatic nitrogens is 5. The third-order valence-corrected chi connectivity index (χ3v) is 4.30. The van der Waals surface area contributed by atoms with E-state index in [0.29, 0.717) is 23.3 Å². The van der Waals surface area contributed by atoms with Crippen LogP contribution in [0.1, 0.15) is 31.2 Å². The van der Waals surface area contributed by atoms with Gasteiger partial charge in [0, 0.05) is 19.6 Å². The Hall–Kier alpha value is -3.07. The maximum atomic E-state index is 12.4. The zero-order chi connectivity index (χ0) is 17.9. The zero-order valence-corrected chi connectivity index (χ0v) is 14.0. The lowest BCUT2D eigenvalue weighted by atomic mass is 10.2. The van der Waals surface area contributed by atoms with Gasteiger partial charge in [-0.25, -0.2) is 4.98 Å². The lowest BCUT2D eigenvalue weighted by molar-refractivity contribution is -0.116. The Labute approximate surface area is 148 Å². The Morgan fingerprint density at radius 2 is 2.27 bits per heavy atom. The Morgan fingerprint density at radius 1 is 1.38 bits per heavy atom. The van der Waals surface area contributed by atoms with E-state index in [-0.39, 0.29) is 36.5 Å². The number of aromatic amines is 1. The number of H-pyrrole nitrogens is 1. The van der Waals surface area contributed by atoms with Gasteiger partial charge in [0.1, 0.15) is 6.10 Å². The van der Waals surface area contributed by atoms with Crippen LogP contribution in [0.15, 0.2) is 35.4 Å². The normalized spacial score (nSPS) is 16.8. The Morgan fingerprint density at radius 3 is 3.12 bits per heavy atom. The second-order valence-corrected chi connectivity index (χ2v) is 6.10. The summed E-state index contributed by atoms with van der Waals surface area (Å²) in [5, 5.41) is 9.94. The molecule has 9 nitrogen and oxygen atoms in total. The molecule has 1 aliphatic rings. The van der Waals surface area contributed by atoms with E-state index in [1.54, 1.807) is 18.2 Å². The third-order valence-electron chi connectivity index (χ3n) is 4.30. The van der Waals surface area contributed by atoms with Gasteiger partial charge < -0.3 is 4.74 Å². The fourth-order valence-corrected chi connectivity index (χ4v) is 2.94. The average Bonchev–Trinajstić information content (AvgIpc) is 3.33. The summed E-state index contributed by atoms with van der Waals surface area (Å²) >= 11 is 0. The van der Waals surface area contributed by atoms with Crippen LogP contribution in [0.4, 0.5) is 5.95 Å². The molecule has 1 unspecified atom stereocenters. The van der Waals surface area contributed by atoms with Gasteiger partial charge in [-0.2, -0.15) is 4.98 Å². The highest BCUT2D eigenvalue weighted by Crippen LogP contribution is 2.26. The summed E-state index contributed by atoms with van der Waals surface area (Å²) in [6.45, 7) is 0.938. The van der Waals surface area contributed by atoms with Gasteiger partial charge in [-0.15, -0.1) is 5.10 Å². The molecular weight excluding hydrogens is 336 g/mol. The molecule has 9 heteroatoms. The molecule has 1 atom stereocenters. The summed E-state index contributed by atoms with van der Waals surface area (Å²) in [5.41, 5.74) is 0.475. The maximum absolute atomic E-state index is 12.4. The second kappa shape index (κ2) is 7.04. The molecule has 0 saturated carbocycles. The fourth-order valence-electron chi connectivity index (χ4n) is 2.94. The van der Waals surface area contributed by atoms with Crippen molar-refractivity contribution in [3.63, 3.8) is 0 Å². The largest absolute Gasteiger partial charge is 0.370 e. The molecule has 3 heterocycles. The molecule has 2 aromatic heterocycles. The third kappa shape index (κ3) is 3.33. The first-order valence-electron chi connectivity index (χ1n) is 8.48. The SMILES string of the molecule is O=C(CCn1cnc2ccccc2c1=O)Nc1n[nH]c(C2CCCO2)n1. The summed E-state index contributed by atoms with van der Waals surface area (Å²) in [6, 6.07) is 7.12. The molecule has 0 aliphatic carbocycles. The van der Waals surface area contributed by atoms with Crippen LogP contribution in [-0.4, -0.2) is 37.2 Å². The van der Waals surface area contributed by atoms with E-state index in [1.165, 1.54) is 10.9 Å². The number of hydrogen-bond donors (Lipinski definition) is 2. The highest BCUT2D eigenvalue weighted by Gasteiger charge is 2.21. The van der Waals surface area contributed by atoms with Crippen LogP contribution in [0.2, 0.25) is 0 Å². The van der Waals surface area contributed by atoms with Crippen LogP contribution in [-0.2, 0) is 16.1 Å². The van der Waals surface area contributed by atoms with Crippen molar-refractivity contribution in [1.29, 1.82) is 0 Å². The summed E-state index contributed by atoms with van der Waals surface area (Å²) < 4.78 is 6.95. The van der Waals surface area contributed by atoms with E-state index in [4.69, 9.17) is 4.74 Å². The zero-order valence-electron chi connectivity index (χ0n) is 14.0. The number of anilines is 1. The number of para-hydroxylation sites is 1. The molecular formula is C17H18N6O3. The predicted octanol–water partition coefficient (Wildman–Crippen LogP) is 1.39. The van der Waals surface area contributed by atoms with Crippen molar-refractivity contribution < 1.29 is 9.53 Å². The minimum atomic E-state index is -0.275. The van der Waals surface area contributed by atoms with Crippen molar-refractivity contribution in [3.05, 3.63) is 46.8 Å². The number of carbonyl (C=O) groups excluding carboxylic acids is 1. The van der Waals surface area contributed by atoms with E-state index in [1.807, 2.05) is 6.07 Å². The quantitative estimate of drug-likeness (QED) is 0.716. The number of rotatable bonds is 5. The molecule has 1 aromatic carbocycles. The van der Waals surface area contributed by atoms with Crippen LogP contribution >= 0.6 is 0 Å². The van der Waals surface area contributed by atoms with Crippen LogP contribution in [0.3, 0.4) is 0 Å². The van der Waals surface area contributed by atoms with Gasteiger partial charge >= 0.3 is 0 Å². The van der Waals surface area contributed by atoms with Crippen molar-refractivity contribution in [3.8, 4) is 0 Å². The summed E-state index contributed by atoms with van der Waals surface area (Å²) in [7, 11) is 0. The number of fused-ring (bicyclic) bond motifs is 1. The van der Waals surface area contributed by atoms with Gasteiger partial charge in [-0.3, -0.25) is 24.6 Å². The first kappa shape index (κ1) is 16.4. The maximum Gasteiger partial charge on any atom is 0.261 e. The average molecular weight is 354 g/mol. The fraction of sp³-hybridized carbons (Fsp3) is 0.353. The molecule has 0 spiro atoms. The van der Waals surface area contributed by atoms with Crippen molar-refractivity contribution in [1.82, 2.24) is 24.7 Å². The number of ether oxygens (including phenoxy) is 1. The molecule has 134 valence electrons. The lowest BCUT2D eigenvalue weighted by Gasteiger charge is -2.06. The highest BCUT2D eigenvalue weighted by molar-refractivity contribution is 5.88. The van der Waals surface area contributed by atoms with E-state index >= 15 is 0 Å². The molecule has 1 aliphatic heterocycles. The van der Waals surface area contributed by atoms with Crippen LogP contribution in [0, 0.1) is 0 Å². The number of carbonyl (C=O) groups is 1. The number of hydrogen-bond acceptors (Lipinski definition) is 6. The molecule has 3 aromatic rings. The molecule has 0 radical (unpaired) electrons. The number of benzene rings is 1. The molecule has 1 saturated heterocycles. The van der Waals surface area contributed by atoms with E-state index in [2.05, 4.69) is 25.5 Å². The van der Waals surface area contributed by atoms with E-state index in [0.717, 1.165) is 12.8 Å². The first-order chi connectivity index (χ1) is 12.7. The molecule has 2 N–H and O–H groups in total. The Balaban J connectivity index is 1.38. The van der Waals surface area contributed by atoms with Gasteiger partial charge in [0.25, 0.3) is 5.56 Å². The topological polar surface area (TPSA) is 115 Å². The van der Waals surface area contributed by atoms with Crippen molar-refractivity contribution in [2.45, 2.75) is 31.9 Å². The van der Waals surface area contributed by atoms with Crippen LogP contribution in [0.25, 0.3) is 10.9 Å². The molecule has 0 bridgehead atoms.